The van der Waals surface area contributed by atoms with Crippen molar-refractivity contribution in [3.8, 4) is 0 Å². The van der Waals surface area contributed by atoms with E-state index in [9.17, 15) is 0 Å². The van der Waals surface area contributed by atoms with Crippen LogP contribution >= 0.6 is 39.9 Å². The van der Waals surface area contributed by atoms with Gasteiger partial charge in [-0.25, -0.2) is 0 Å². The molecule has 0 bridgehead atoms. The molecule has 1 atom stereocenters. The highest BCUT2D eigenvalue weighted by atomic mass is 127. The molecule has 2 aromatic rings. The summed E-state index contributed by atoms with van der Waals surface area (Å²) in [5.74, 6) is 0.910. The Hall–Kier alpha value is -1.29. The molecule has 1 saturated heterocycles. The average molecular weight is 561 g/mol. The first-order valence-electron chi connectivity index (χ1n) is 9.69. The van der Waals surface area contributed by atoms with Gasteiger partial charge in [0.15, 0.2) is 5.96 Å². The van der Waals surface area contributed by atoms with Crippen molar-refractivity contribution in [2.75, 3.05) is 31.1 Å². The Labute approximate surface area is 193 Å². The van der Waals surface area contributed by atoms with Crippen LogP contribution in [0.2, 0.25) is 0 Å². The molecular weight excluding hydrogens is 531 g/mol. The van der Waals surface area contributed by atoms with Gasteiger partial charge in [-0.15, -0.1) is 24.0 Å². The monoisotopic (exact) mass is 560 g/mol. The van der Waals surface area contributed by atoms with Gasteiger partial charge in [0.25, 0.3) is 0 Å². The van der Waals surface area contributed by atoms with Crippen LogP contribution in [0.5, 0.6) is 0 Å². The summed E-state index contributed by atoms with van der Waals surface area (Å²) < 4.78 is 3.14. The molecular formula is C20H30BrIN6. The van der Waals surface area contributed by atoms with Crippen LogP contribution in [0.1, 0.15) is 25.3 Å². The van der Waals surface area contributed by atoms with Crippen molar-refractivity contribution in [2.24, 2.45) is 4.99 Å². The van der Waals surface area contributed by atoms with Gasteiger partial charge in [-0.1, -0.05) is 12.1 Å². The molecule has 0 spiro atoms. The van der Waals surface area contributed by atoms with E-state index in [-0.39, 0.29) is 24.0 Å². The number of nitrogens with zero attached hydrogens (tertiary/aromatic N) is 4. The minimum atomic E-state index is 0. The van der Waals surface area contributed by atoms with Gasteiger partial charge in [0.05, 0.1) is 11.9 Å². The molecule has 8 heteroatoms. The molecule has 0 amide bonds. The second kappa shape index (κ2) is 11.6. The van der Waals surface area contributed by atoms with Gasteiger partial charge in [0, 0.05) is 49.4 Å². The summed E-state index contributed by atoms with van der Waals surface area (Å²) >= 11 is 3.66. The first-order chi connectivity index (χ1) is 13.2. The summed E-state index contributed by atoms with van der Waals surface area (Å²) in [6.45, 7) is 8.76. The Balaban J connectivity index is 0.00000280. The van der Waals surface area contributed by atoms with E-state index in [0.717, 1.165) is 56.0 Å². The van der Waals surface area contributed by atoms with E-state index in [1.165, 1.54) is 11.3 Å². The fraction of sp³-hybridized carbons (Fsp3) is 0.500. The number of nitrogens with one attached hydrogen (secondary N) is 2. The molecule has 28 heavy (non-hydrogen) atoms. The predicted octanol–water partition coefficient (Wildman–Crippen LogP) is 3.80. The van der Waals surface area contributed by atoms with Gasteiger partial charge < -0.3 is 15.5 Å². The van der Waals surface area contributed by atoms with Gasteiger partial charge in [-0.05, 0) is 60.3 Å². The molecule has 0 radical (unpaired) electrons. The summed E-state index contributed by atoms with van der Waals surface area (Å²) in [7, 11) is 0. The van der Waals surface area contributed by atoms with Crippen molar-refractivity contribution in [1.29, 1.82) is 0 Å². The highest BCUT2D eigenvalue weighted by Crippen LogP contribution is 2.28. The summed E-state index contributed by atoms with van der Waals surface area (Å²) in [4.78, 5) is 7.16. The maximum atomic E-state index is 4.74. The second-order valence-corrected chi connectivity index (χ2v) is 7.78. The van der Waals surface area contributed by atoms with E-state index in [0.29, 0.717) is 6.04 Å². The van der Waals surface area contributed by atoms with E-state index < -0.39 is 0 Å². The van der Waals surface area contributed by atoms with Crippen LogP contribution in [0.25, 0.3) is 0 Å². The maximum absolute atomic E-state index is 4.74. The molecule has 1 aromatic heterocycles. The van der Waals surface area contributed by atoms with Crippen LogP contribution < -0.4 is 15.5 Å². The van der Waals surface area contributed by atoms with Crippen molar-refractivity contribution < 1.29 is 0 Å². The van der Waals surface area contributed by atoms with Crippen LogP contribution in [0.4, 0.5) is 5.69 Å². The zero-order chi connectivity index (χ0) is 19.1. The van der Waals surface area contributed by atoms with Crippen LogP contribution in [0.3, 0.4) is 0 Å². The molecule has 154 valence electrons. The Morgan fingerprint density at radius 3 is 2.89 bits per heavy atom. The smallest absolute Gasteiger partial charge is 0.191 e. The van der Waals surface area contributed by atoms with Gasteiger partial charge >= 0.3 is 0 Å². The zero-order valence-corrected chi connectivity index (χ0v) is 20.5. The average Bonchev–Trinajstić information content (AvgIpc) is 3.28. The molecule has 2 heterocycles. The number of aliphatic imine (C=N–C) groups is 1. The summed E-state index contributed by atoms with van der Waals surface area (Å²) in [6, 6.07) is 8.82. The standard InChI is InChI=1S/C20H29BrN6.HI/c1-3-22-20(23-10-6-11-27-14-16(2)13-24-27)25-17-9-12-26(15-17)19-8-5-4-7-18(19)21;/h4-5,7-8,13-14,17H,3,6,9-12,15H2,1-2H3,(H2,22,23,25);1H. The molecule has 1 unspecified atom stereocenters. The fourth-order valence-electron chi connectivity index (χ4n) is 3.33. The lowest BCUT2D eigenvalue weighted by atomic mass is 10.3. The number of benzene rings is 1. The lowest BCUT2D eigenvalue weighted by molar-refractivity contribution is 0.581. The van der Waals surface area contributed by atoms with Crippen molar-refractivity contribution in [3.05, 3.63) is 46.7 Å². The third-order valence-electron chi connectivity index (χ3n) is 4.64. The Morgan fingerprint density at radius 1 is 1.36 bits per heavy atom. The fourth-order valence-corrected chi connectivity index (χ4v) is 3.87. The van der Waals surface area contributed by atoms with E-state index >= 15 is 0 Å². The SMILES string of the molecule is CCNC(=NCCCn1cc(C)cn1)NC1CCN(c2ccccc2Br)C1.I. The van der Waals surface area contributed by atoms with Crippen LogP contribution in [-0.2, 0) is 6.54 Å². The third-order valence-corrected chi connectivity index (χ3v) is 5.31. The maximum Gasteiger partial charge on any atom is 0.191 e. The number of rotatable bonds is 7. The normalized spacial score (nSPS) is 16.8. The highest BCUT2D eigenvalue weighted by molar-refractivity contribution is 14.0. The largest absolute Gasteiger partial charge is 0.368 e. The van der Waals surface area contributed by atoms with Crippen molar-refractivity contribution in [2.45, 2.75) is 39.3 Å². The summed E-state index contributed by atoms with van der Waals surface area (Å²) in [6.07, 6.45) is 6.05. The van der Waals surface area contributed by atoms with Crippen molar-refractivity contribution in [3.63, 3.8) is 0 Å². The molecule has 1 aliphatic rings. The third kappa shape index (κ3) is 6.65. The van der Waals surface area contributed by atoms with Gasteiger partial charge in [0.1, 0.15) is 0 Å². The Kier molecular flexibility index (Phi) is 9.57. The number of anilines is 1. The van der Waals surface area contributed by atoms with Crippen molar-refractivity contribution in [1.82, 2.24) is 20.4 Å². The van der Waals surface area contributed by atoms with E-state index in [4.69, 9.17) is 4.99 Å². The lowest BCUT2D eigenvalue weighted by Crippen LogP contribution is -2.44. The highest BCUT2D eigenvalue weighted by Gasteiger charge is 2.24. The first-order valence-corrected chi connectivity index (χ1v) is 10.5. The number of hydrogen-bond donors (Lipinski definition) is 2. The van der Waals surface area contributed by atoms with E-state index in [2.05, 4.69) is 80.9 Å². The van der Waals surface area contributed by atoms with E-state index in [1.807, 2.05) is 10.9 Å². The predicted molar refractivity (Wildman–Crippen MR) is 131 cm³/mol. The zero-order valence-electron chi connectivity index (χ0n) is 16.6. The van der Waals surface area contributed by atoms with Gasteiger partial charge in [0.2, 0.25) is 0 Å². The number of hydrogen-bond acceptors (Lipinski definition) is 3. The number of aromatic nitrogens is 2. The Morgan fingerprint density at radius 2 is 2.18 bits per heavy atom. The molecule has 2 N–H and O–H groups in total. The minimum Gasteiger partial charge on any atom is -0.368 e. The Bertz CT molecular complexity index is 763. The molecule has 3 rings (SSSR count). The molecule has 1 aromatic carbocycles. The summed E-state index contributed by atoms with van der Waals surface area (Å²) in [5.41, 5.74) is 2.46. The number of guanidine groups is 1. The van der Waals surface area contributed by atoms with Gasteiger partial charge in [-0.2, -0.15) is 5.10 Å². The molecule has 6 nitrogen and oxygen atoms in total. The molecule has 0 saturated carbocycles. The minimum absolute atomic E-state index is 0. The number of halogens is 2. The lowest BCUT2D eigenvalue weighted by Gasteiger charge is -2.21. The molecule has 0 aliphatic carbocycles. The van der Waals surface area contributed by atoms with Gasteiger partial charge in [-0.3, -0.25) is 9.67 Å². The second-order valence-electron chi connectivity index (χ2n) is 6.92. The topological polar surface area (TPSA) is 57.5 Å². The van der Waals surface area contributed by atoms with Crippen molar-refractivity contribution >= 4 is 51.6 Å². The number of para-hydroxylation sites is 1. The quantitative estimate of drug-likeness (QED) is 0.234. The van der Waals surface area contributed by atoms with E-state index in [1.54, 1.807) is 0 Å². The molecule has 1 fully saturated rings. The van der Waals surface area contributed by atoms with Crippen LogP contribution in [0.15, 0.2) is 46.1 Å². The number of aryl methyl sites for hydroxylation is 2. The van der Waals surface area contributed by atoms with Crippen LogP contribution in [-0.4, -0.2) is 48.0 Å². The first kappa shape index (κ1) is 23.0. The molecule has 1 aliphatic heterocycles. The van der Waals surface area contributed by atoms with Crippen LogP contribution in [0, 0.1) is 6.92 Å². The summed E-state index contributed by atoms with van der Waals surface area (Å²) in [5, 5.41) is 11.3.